The molecule has 0 heterocycles. The van der Waals surface area contributed by atoms with Crippen molar-refractivity contribution in [2.75, 3.05) is 5.32 Å². The second kappa shape index (κ2) is 5.67. The van der Waals surface area contributed by atoms with Gasteiger partial charge in [-0.15, -0.1) is 0 Å². The number of anilines is 1. The average molecular weight is 347 g/mol. The van der Waals surface area contributed by atoms with Crippen LogP contribution < -0.4 is 5.32 Å². The van der Waals surface area contributed by atoms with Crippen molar-refractivity contribution < 1.29 is 13.6 Å². The fourth-order valence-corrected chi connectivity index (χ4v) is 1.99. The predicted octanol–water partition coefficient (Wildman–Crippen LogP) is 4.63. The number of hydrogen-bond donors (Lipinski definition) is 1. The van der Waals surface area contributed by atoms with Crippen LogP contribution in [0.5, 0.6) is 0 Å². The van der Waals surface area contributed by atoms with Crippen LogP contribution in [0.2, 0.25) is 5.02 Å². The zero-order valence-corrected chi connectivity index (χ0v) is 11.7. The van der Waals surface area contributed by atoms with Gasteiger partial charge in [0.2, 0.25) is 0 Å². The molecule has 2 aromatic rings. The van der Waals surface area contributed by atoms with Gasteiger partial charge in [0.15, 0.2) is 0 Å². The van der Waals surface area contributed by atoms with Gasteiger partial charge in [0.05, 0.1) is 10.0 Å². The zero-order valence-electron chi connectivity index (χ0n) is 9.38. The molecule has 0 radical (unpaired) electrons. The molecule has 0 fully saturated rings. The number of carbonyl (C=O) groups is 1. The van der Waals surface area contributed by atoms with E-state index in [1.165, 1.54) is 30.3 Å². The summed E-state index contributed by atoms with van der Waals surface area (Å²) in [7, 11) is 0. The molecule has 0 atom stereocenters. The molecule has 1 N–H and O–H groups in total. The predicted molar refractivity (Wildman–Crippen MR) is 73.5 cm³/mol. The Balaban J connectivity index is 2.25. The molecule has 0 aliphatic heterocycles. The molecule has 98 valence electrons. The zero-order chi connectivity index (χ0) is 14.0. The number of benzene rings is 2. The van der Waals surface area contributed by atoms with E-state index in [9.17, 15) is 13.6 Å². The van der Waals surface area contributed by atoms with Crippen LogP contribution in [0, 0.1) is 11.6 Å². The van der Waals surface area contributed by atoms with Crippen molar-refractivity contribution in [1.29, 1.82) is 0 Å². The maximum absolute atomic E-state index is 13.5. The van der Waals surface area contributed by atoms with Gasteiger partial charge < -0.3 is 5.32 Å². The summed E-state index contributed by atoms with van der Waals surface area (Å²) in [6.45, 7) is 0. The first-order valence-electron chi connectivity index (χ1n) is 5.19. The molecular formula is C13H7BrClF2NO. The van der Waals surface area contributed by atoms with Crippen molar-refractivity contribution in [3.05, 3.63) is 63.1 Å². The molecule has 0 spiro atoms. The Morgan fingerprint density at radius 1 is 1.11 bits per heavy atom. The quantitative estimate of drug-likeness (QED) is 0.844. The molecule has 0 saturated heterocycles. The third-order valence-corrected chi connectivity index (χ3v) is 3.19. The normalized spacial score (nSPS) is 10.3. The van der Waals surface area contributed by atoms with Crippen molar-refractivity contribution in [2.45, 2.75) is 0 Å². The molecule has 0 unspecified atom stereocenters. The number of halogens is 4. The Labute approximate surface area is 121 Å². The van der Waals surface area contributed by atoms with Gasteiger partial charge in [0.25, 0.3) is 5.91 Å². The van der Waals surface area contributed by atoms with Gasteiger partial charge in [0, 0.05) is 10.7 Å². The Kier molecular flexibility index (Phi) is 4.17. The lowest BCUT2D eigenvalue weighted by atomic mass is 10.2. The maximum Gasteiger partial charge on any atom is 0.258 e. The van der Waals surface area contributed by atoms with Crippen molar-refractivity contribution in [2.24, 2.45) is 0 Å². The van der Waals surface area contributed by atoms with Crippen LogP contribution in [-0.2, 0) is 0 Å². The number of nitrogens with one attached hydrogen (secondary N) is 1. The highest BCUT2D eigenvalue weighted by Gasteiger charge is 2.13. The van der Waals surface area contributed by atoms with E-state index in [1.54, 1.807) is 0 Å². The van der Waals surface area contributed by atoms with Crippen molar-refractivity contribution in [3.8, 4) is 0 Å². The smallest absolute Gasteiger partial charge is 0.258 e. The van der Waals surface area contributed by atoms with Gasteiger partial charge in [-0.05, 0) is 52.3 Å². The molecule has 0 aromatic heterocycles. The maximum atomic E-state index is 13.5. The number of hydrogen-bond acceptors (Lipinski definition) is 1. The molecule has 0 aliphatic carbocycles. The summed E-state index contributed by atoms with van der Waals surface area (Å²) in [6.07, 6.45) is 0. The van der Waals surface area contributed by atoms with E-state index in [4.69, 9.17) is 11.6 Å². The van der Waals surface area contributed by atoms with Gasteiger partial charge in [-0.25, -0.2) is 8.78 Å². The van der Waals surface area contributed by atoms with E-state index < -0.39 is 17.5 Å². The summed E-state index contributed by atoms with van der Waals surface area (Å²) in [5.41, 5.74) is 0.172. The molecule has 2 rings (SSSR count). The van der Waals surface area contributed by atoms with Crippen LogP contribution in [0.3, 0.4) is 0 Å². The average Bonchev–Trinajstić information content (AvgIpc) is 2.36. The van der Waals surface area contributed by atoms with Crippen LogP contribution >= 0.6 is 27.5 Å². The Hall–Kier alpha value is -1.46. The Morgan fingerprint density at radius 2 is 1.79 bits per heavy atom. The first-order chi connectivity index (χ1) is 8.97. The minimum Gasteiger partial charge on any atom is -0.322 e. The minimum absolute atomic E-state index is 0.173. The minimum atomic E-state index is -0.678. The van der Waals surface area contributed by atoms with E-state index >= 15 is 0 Å². The Morgan fingerprint density at radius 3 is 2.47 bits per heavy atom. The topological polar surface area (TPSA) is 29.1 Å². The Bertz CT molecular complexity index is 649. The lowest BCUT2D eigenvalue weighted by Crippen LogP contribution is -2.13. The summed E-state index contributed by atoms with van der Waals surface area (Å²) in [5, 5.41) is 2.72. The van der Waals surface area contributed by atoms with E-state index in [2.05, 4.69) is 21.2 Å². The summed E-state index contributed by atoms with van der Waals surface area (Å²) < 4.78 is 26.7. The molecule has 2 aromatic carbocycles. The number of carbonyl (C=O) groups excluding carboxylic acids is 1. The molecule has 19 heavy (non-hydrogen) atoms. The summed E-state index contributed by atoms with van der Waals surface area (Å²) in [6, 6.07) is 7.63. The third-order valence-electron chi connectivity index (χ3n) is 2.35. The van der Waals surface area contributed by atoms with Crippen LogP contribution in [0.15, 0.2) is 40.9 Å². The van der Waals surface area contributed by atoms with Crippen LogP contribution in [0.4, 0.5) is 14.5 Å². The largest absolute Gasteiger partial charge is 0.322 e. The van der Waals surface area contributed by atoms with Gasteiger partial charge in [-0.2, -0.15) is 0 Å². The molecule has 0 bridgehead atoms. The fourth-order valence-electron chi connectivity index (χ4n) is 1.44. The second-order valence-electron chi connectivity index (χ2n) is 3.71. The monoisotopic (exact) mass is 345 g/mol. The standard InChI is InChI=1S/C13H7BrClF2NO/c14-10-6-8(2-4-12(10)17)18-13(19)9-5-7(15)1-3-11(9)16/h1-6H,(H,18,19). The highest BCUT2D eigenvalue weighted by Crippen LogP contribution is 2.21. The lowest BCUT2D eigenvalue weighted by molar-refractivity contribution is 0.102. The van der Waals surface area contributed by atoms with Gasteiger partial charge in [0.1, 0.15) is 11.6 Å². The first kappa shape index (κ1) is 14.0. The van der Waals surface area contributed by atoms with E-state index in [0.29, 0.717) is 5.69 Å². The first-order valence-corrected chi connectivity index (χ1v) is 6.36. The molecule has 6 heteroatoms. The van der Waals surface area contributed by atoms with Crippen LogP contribution in [0.1, 0.15) is 10.4 Å². The van der Waals surface area contributed by atoms with Crippen LogP contribution in [-0.4, -0.2) is 5.91 Å². The summed E-state index contributed by atoms with van der Waals surface area (Å²) in [5.74, 6) is -1.78. The van der Waals surface area contributed by atoms with E-state index in [0.717, 1.165) is 6.07 Å². The fraction of sp³-hybridized carbons (Fsp3) is 0. The van der Waals surface area contributed by atoms with Crippen molar-refractivity contribution >= 4 is 39.1 Å². The molecular weight excluding hydrogens is 340 g/mol. The van der Waals surface area contributed by atoms with E-state index in [-0.39, 0.29) is 15.1 Å². The molecule has 0 saturated carbocycles. The van der Waals surface area contributed by atoms with Crippen molar-refractivity contribution in [3.63, 3.8) is 0 Å². The van der Waals surface area contributed by atoms with Gasteiger partial charge >= 0.3 is 0 Å². The lowest BCUT2D eigenvalue weighted by Gasteiger charge is -2.07. The summed E-state index contributed by atoms with van der Waals surface area (Å²) in [4.78, 5) is 11.9. The highest BCUT2D eigenvalue weighted by molar-refractivity contribution is 9.10. The summed E-state index contributed by atoms with van der Waals surface area (Å²) >= 11 is 8.70. The second-order valence-corrected chi connectivity index (χ2v) is 5.00. The van der Waals surface area contributed by atoms with Gasteiger partial charge in [-0.1, -0.05) is 11.6 Å². The molecule has 2 nitrogen and oxygen atoms in total. The van der Waals surface area contributed by atoms with Gasteiger partial charge in [-0.3, -0.25) is 4.79 Å². The van der Waals surface area contributed by atoms with E-state index in [1.807, 2.05) is 0 Å². The molecule has 0 aliphatic rings. The molecule has 1 amide bonds. The number of amides is 1. The number of rotatable bonds is 2. The SMILES string of the molecule is O=C(Nc1ccc(F)c(Br)c1)c1cc(Cl)ccc1F. The van der Waals surface area contributed by atoms with Crippen molar-refractivity contribution in [1.82, 2.24) is 0 Å². The third kappa shape index (κ3) is 3.30. The van der Waals surface area contributed by atoms with Crippen LogP contribution in [0.25, 0.3) is 0 Å². The highest BCUT2D eigenvalue weighted by atomic mass is 79.9.